The van der Waals surface area contributed by atoms with Gasteiger partial charge in [-0.2, -0.15) is 0 Å². The number of carboxylic acids is 1. The molecule has 2 rings (SSSR count). The van der Waals surface area contributed by atoms with E-state index in [1.807, 2.05) is 31.2 Å². The second kappa shape index (κ2) is 4.09. The summed E-state index contributed by atoms with van der Waals surface area (Å²) in [6, 6.07) is 7.51. The zero-order valence-electron chi connectivity index (χ0n) is 8.62. The smallest absolute Gasteiger partial charge is 0.182 e. The first-order valence-corrected chi connectivity index (χ1v) is 4.70. The van der Waals surface area contributed by atoms with E-state index in [0.717, 1.165) is 11.1 Å². The van der Waals surface area contributed by atoms with Gasteiger partial charge in [0.15, 0.2) is 5.82 Å². The fourth-order valence-electron chi connectivity index (χ4n) is 1.42. The topological polar surface area (TPSA) is 83.7 Å². The van der Waals surface area contributed by atoms with E-state index in [0.29, 0.717) is 5.82 Å². The molecule has 0 aliphatic carbocycles. The molecule has 0 fully saturated rings. The molecule has 0 N–H and O–H groups in total. The summed E-state index contributed by atoms with van der Waals surface area (Å²) < 4.78 is 1.20. The van der Waals surface area contributed by atoms with Gasteiger partial charge in [0.1, 0.15) is 0 Å². The van der Waals surface area contributed by atoms with Crippen molar-refractivity contribution in [1.29, 1.82) is 0 Å². The van der Waals surface area contributed by atoms with Crippen LogP contribution in [0.2, 0.25) is 0 Å². The molecular formula is C10H9N4O2-. The van der Waals surface area contributed by atoms with Gasteiger partial charge in [-0.25, -0.2) is 4.68 Å². The van der Waals surface area contributed by atoms with E-state index < -0.39 is 5.97 Å². The molecule has 82 valence electrons. The first kappa shape index (κ1) is 10.3. The van der Waals surface area contributed by atoms with Gasteiger partial charge >= 0.3 is 0 Å². The van der Waals surface area contributed by atoms with Crippen LogP contribution < -0.4 is 5.11 Å². The normalized spacial score (nSPS) is 10.3. The molecule has 0 radical (unpaired) electrons. The minimum Gasteiger partial charge on any atom is -0.548 e. The summed E-state index contributed by atoms with van der Waals surface area (Å²) in [7, 11) is 0. The van der Waals surface area contributed by atoms with E-state index in [1.54, 1.807) is 0 Å². The number of carbonyl (C=O) groups is 1. The number of carboxylic acid groups (broad SMARTS) is 1. The summed E-state index contributed by atoms with van der Waals surface area (Å²) in [6.45, 7) is 1.59. The van der Waals surface area contributed by atoms with Gasteiger partial charge < -0.3 is 9.90 Å². The van der Waals surface area contributed by atoms with Crippen LogP contribution in [0.3, 0.4) is 0 Å². The molecule has 0 spiro atoms. The summed E-state index contributed by atoms with van der Waals surface area (Å²) in [6.07, 6.45) is 0. The lowest BCUT2D eigenvalue weighted by Crippen LogP contribution is -2.28. The highest BCUT2D eigenvalue weighted by Gasteiger charge is 2.08. The fourth-order valence-corrected chi connectivity index (χ4v) is 1.42. The molecule has 0 saturated carbocycles. The Balaban J connectivity index is 2.40. The Bertz CT molecular complexity index is 521. The molecule has 16 heavy (non-hydrogen) atoms. The highest BCUT2D eigenvalue weighted by molar-refractivity contribution is 5.65. The molecule has 0 unspecified atom stereocenters. The standard InChI is InChI=1S/C10H10N4O2/c1-7-3-2-4-8(5-7)10-11-12-13-14(10)6-9(15)16/h2-5H,6H2,1H3,(H,15,16)/p-1. The summed E-state index contributed by atoms with van der Waals surface area (Å²) in [5.41, 5.74) is 1.84. The van der Waals surface area contributed by atoms with Gasteiger partial charge in [0, 0.05) is 5.56 Å². The molecular weight excluding hydrogens is 208 g/mol. The van der Waals surface area contributed by atoms with Gasteiger partial charge in [-0.15, -0.1) is 5.10 Å². The van der Waals surface area contributed by atoms with E-state index >= 15 is 0 Å². The number of aryl methyl sites for hydroxylation is 1. The Labute approximate surface area is 91.5 Å². The van der Waals surface area contributed by atoms with Crippen LogP contribution in [0, 0.1) is 6.92 Å². The summed E-state index contributed by atoms with van der Waals surface area (Å²) in [5, 5.41) is 21.3. The number of nitrogens with zero attached hydrogens (tertiary/aromatic N) is 4. The molecule has 2 aromatic rings. The maximum Gasteiger partial charge on any atom is 0.182 e. The predicted octanol–water partition coefficient (Wildman–Crippen LogP) is -0.602. The van der Waals surface area contributed by atoms with Crippen molar-refractivity contribution in [2.45, 2.75) is 13.5 Å². The Morgan fingerprint density at radius 2 is 2.31 bits per heavy atom. The Kier molecular flexibility index (Phi) is 2.63. The van der Waals surface area contributed by atoms with E-state index in [-0.39, 0.29) is 6.54 Å². The molecule has 6 nitrogen and oxygen atoms in total. The number of carbonyl (C=O) groups excluding carboxylic acids is 1. The quantitative estimate of drug-likeness (QED) is 0.685. The van der Waals surface area contributed by atoms with Crippen molar-refractivity contribution < 1.29 is 9.90 Å². The molecule has 1 heterocycles. The Morgan fingerprint density at radius 1 is 1.50 bits per heavy atom. The van der Waals surface area contributed by atoms with Crippen LogP contribution in [0.25, 0.3) is 11.4 Å². The van der Waals surface area contributed by atoms with Crippen LogP contribution >= 0.6 is 0 Å². The Morgan fingerprint density at radius 3 is 3.00 bits per heavy atom. The van der Waals surface area contributed by atoms with Crippen molar-refractivity contribution in [1.82, 2.24) is 20.2 Å². The van der Waals surface area contributed by atoms with Gasteiger partial charge in [0.2, 0.25) is 0 Å². The average Bonchev–Trinajstić information content (AvgIpc) is 2.65. The number of benzene rings is 1. The largest absolute Gasteiger partial charge is 0.548 e. The molecule has 0 bridgehead atoms. The molecule has 0 amide bonds. The third-order valence-corrected chi connectivity index (χ3v) is 2.09. The number of hydrogen-bond acceptors (Lipinski definition) is 5. The van der Waals surface area contributed by atoms with Crippen molar-refractivity contribution in [3.05, 3.63) is 29.8 Å². The van der Waals surface area contributed by atoms with Crippen LogP contribution in [0.1, 0.15) is 5.56 Å². The first-order chi connectivity index (χ1) is 7.66. The lowest BCUT2D eigenvalue weighted by atomic mass is 10.1. The monoisotopic (exact) mass is 217 g/mol. The summed E-state index contributed by atoms with van der Waals surface area (Å²) >= 11 is 0. The van der Waals surface area contributed by atoms with Gasteiger partial charge in [0.25, 0.3) is 0 Å². The second-order valence-corrected chi connectivity index (χ2v) is 3.40. The summed E-state index contributed by atoms with van der Waals surface area (Å²) in [5.74, 6) is -0.797. The van der Waals surface area contributed by atoms with Gasteiger partial charge in [0.05, 0.1) is 12.5 Å². The predicted molar refractivity (Wildman–Crippen MR) is 53.0 cm³/mol. The lowest BCUT2D eigenvalue weighted by molar-refractivity contribution is -0.306. The molecule has 1 aromatic carbocycles. The van der Waals surface area contributed by atoms with Crippen molar-refractivity contribution in [3.63, 3.8) is 0 Å². The molecule has 0 aliphatic heterocycles. The fraction of sp³-hybridized carbons (Fsp3) is 0.200. The van der Waals surface area contributed by atoms with Crippen LogP contribution in [0.15, 0.2) is 24.3 Å². The third-order valence-electron chi connectivity index (χ3n) is 2.09. The number of aliphatic carboxylic acids is 1. The zero-order valence-corrected chi connectivity index (χ0v) is 8.62. The van der Waals surface area contributed by atoms with Crippen molar-refractivity contribution in [2.75, 3.05) is 0 Å². The zero-order chi connectivity index (χ0) is 11.5. The van der Waals surface area contributed by atoms with Gasteiger partial charge in [-0.05, 0) is 23.4 Å². The average molecular weight is 217 g/mol. The third kappa shape index (κ3) is 2.05. The first-order valence-electron chi connectivity index (χ1n) is 4.70. The highest BCUT2D eigenvalue weighted by Crippen LogP contribution is 2.16. The van der Waals surface area contributed by atoms with Gasteiger partial charge in [-0.3, -0.25) is 0 Å². The van der Waals surface area contributed by atoms with Crippen molar-refractivity contribution in [2.24, 2.45) is 0 Å². The van der Waals surface area contributed by atoms with Crippen LogP contribution in [-0.2, 0) is 11.3 Å². The van der Waals surface area contributed by atoms with Crippen molar-refractivity contribution >= 4 is 5.97 Å². The van der Waals surface area contributed by atoms with E-state index in [1.165, 1.54) is 4.68 Å². The minimum atomic E-state index is -1.22. The van der Waals surface area contributed by atoms with Crippen LogP contribution in [0.5, 0.6) is 0 Å². The van der Waals surface area contributed by atoms with E-state index in [4.69, 9.17) is 0 Å². The van der Waals surface area contributed by atoms with Crippen molar-refractivity contribution in [3.8, 4) is 11.4 Å². The maximum atomic E-state index is 10.5. The number of aromatic nitrogens is 4. The van der Waals surface area contributed by atoms with E-state index in [9.17, 15) is 9.90 Å². The SMILES string of the molecule is Cc1cccc(-c2nnnn2CC(=O)[O-])c1. The number of tetrazole rings is 1. The molecule has 0 saturated heterocycles. The van der Waals surface area contributed by atoms with Gasteiger partial charge in [-0.1, -0.05) is 23.8 Å². The van der Waals surface area contributed by atoms with Crippen LogP contribution in [-0.4, -0.2) is 26.2 Å². The molecule has 6 heteroatoms. The minimum absolute atomic E-state index is 0.351. The van der Waals surface area contributed by atoms with Crippen LogP contribution in [0.4, 0.5) is 0 Å². The molecule has 0 atom stereocenters. The Hall–Kier alpha value is -2.24. The summed E-state index contributed by atoms with van der Waals surface area (Å²) in [4.78, 5) is 10.5. The molecule has 1 aromatic heterocycles. The maximum absolute atomic E-state index is 10.5. The van der Waals surface area contributed by atoms with E-state index in [2.05, 4.69) is 15.5 Å². The molecule has 0 aliphatic rings. The highest BCUT2D eigenvalue weighted by atomic mass is 16.4. The second-order valence-electron chi connectivity index (χ2n) is 3.40. The number of rotatable bonds is 3. The number of hydrogen-bond donors (Lipinski definition) is 0. The lowest BCUT2D eigenvalue weighted by Gasteiger charge is -2.05.